The van der Waals surface area contributed by atoms with E-state index in [1.165, 1.54) is 43.2 Å². The van der Waals surface area contributed by atoms with Crippen LogP contribution in [0.15, 0.2) is 29.4 Å². The number of rotatable bonds is 4. The zero-order valence-corrected chi connectivity index (χ0v) is 10.6. The summed E-state index contributed by atoms with van der Waals surface area (Å²) in [5.74, 6) is 0.640. The van der Waals surface area contributed by atoms with Crippen LogP contribution >= 0.6 is 0 Å². The molecule has 2 rings (SSSR count). The molecule has 0 aromatic heterocycles. The second-order valence-electron chi connectivity index (χ2n) is 4.92. The van der Waals surface area contributed by atoms with Crippen molar-refractivity contribution in [3.8, 4) is 0 Å². The maximum Gasteiger partial charge on any atom is 0.142 e. The molecular weight excluding hydrogens is 210 g/mol. The van der Waals surface area contributed by atoms with E-state index in [0.717, 1.165) is 0 Å². The molecule has 0 bridgehead atoms. The van der Waals surface area contributed by atoms with Gasteiger partial charge in [0.15, 0.2) is 0 Å². The van der Waals surface area contributed by atoms with Crippen molar-refractivity contribution in [2.24, 2.45) is 11.1 Å². The lowest BCUT2D eigenvalue weighted by molar-refractivity contribution is 0.130. The second kappa shape index (κ2) is 6.43. The van der Waals surface area contributed by atoms with Gasteiger partial charge in [-0.3, -0.25) is 0 Å². The maximum absolute atomic E-state index is 5.35. The molecule has 0 radical (unpaired) electrons. The lowest BCUT2D eigenvalue weighted by Crippen LogP contribution is -2.07. The molecule has 0 unspecified atom stereocenters. The fourth-order valence-electron chi connectivity index (χ4n) is 2.33. The average molecular weight is 231 g/mol. The number of benzene rings is 1. The summed E-state index contributed by atoms with van der Waals surface area (Å²) in [5.41, 5.74) is 2.45. The van der Waals surface area contributed by atoms with Gasteiger partial charge in [0.2, 0.25) is 0 Å². The van der Waals surface area contributed by atoms with Crippen molar-refractivity contribution >= 4 is 6.21 Å². The van der Waals surface area contributed by atoms with Gasteiger partial charge in [0.05, 0.1) is 0 Å². The van der Waals surface area contributed by atoms with Crippen LogP contribution in [-0.2, 0) is 11.4 Å². The molecule has 1 aliphatic carbocycles. The molecule has 1 aliphatic rings. The molecular formula is C15H21NO. The van der Waals surface area contributed by atoms with E-state index in [1.807, 2.05) is 6.21 Å². The van der Waals surface area contributed by atoms with Crippen LogP contribution in [-0.4, -0.2) is 6.21 Å². The van der Waals surface area contributed by atoms with E-state index < -0.39 is 0 Å². The van der Waals surface area contributed by atoms with E-state index in [0.29, 0.717) is 12.5 Å². The van der Waals surface area contributed by atoms with E-state index >= 15 is 0 Å². The Morgan fingerprint density at radius 2 is 2.12 bits per heavy atom. The fraction of sp³-hybridized carbons (Fsp3) is 0.533. The lowest BCUT2D eigenvalue weighted by atomic mass is 9.90. The van der Waals surface area contributed by atoms with Crippen LogP contribution < -0.4 is 0 Å². The van der Waals surface area contributed by atoms with Crippen LogP contribution in [0.25, 0.3) is 0 Å². The van der Waals surface area contributed by atoms with Crippen LogP contribution in [0.4, 0.5) is 0 Å². The van der Waals surface area contributed by atoms with Gasteiger partial charge >= 0.3 is 0 Å². The SMILES string of the molecule is Cc1cccc(CON=CC2CCCCC2)c1. The minimum absolute atomic E-state index is 0.574. The van der Waals surface area contributed by atoms with Crippen molar-refractivity contribution in [1.82, 2.24) is 0 Å². The summed E-state index contributed by atoms with van der Waals surface area (Å²) in [6.45, 7) is 2.67. The van der Waals surface area contributed by atoms with Gasteiger partial charge in [0.1, 0.15) is 6.61 Å². The average Bonchev–Trinajstić information content (AvgIpc) is 2.36. The molecule has 0 spiro atoms. The van der Waals surface area contributed by atoms with Gasteiger partial charge in [0, 0.05) is 6.21 Å². The third kappa shape index (κ3) is 4.22. The van der Waals surface area contributed by atoms with E-state index in [1.54, 1.807) is 0 Å². The summed E-state index contributed by atoms with van der Waals surface area (Å²) in [5, 5.41) is 4.09. The molecule has 1 aromatic carbocycles. The van der Waals surface area contributed by atoms with Crippen LogP contribution in [0.1, 0.15) is 43.2 Å². The highest BCUT2D eigenvalue weighted by atomic mass is 16.6. The van der Waals surface area contributed by atoms with Crippen molar-refractivity contribution < 1.29 is 4.84 Å². The highest BCUT2D eigenvalue weighted by Crippen LogP contribution is 2.21. The van der Waals surface area contributed by atoms with Gasteiger partial charge in [-0.05, 0) is 31.2 Å². The standard InChI is InChI=1S/C15H21NO/c1-13-6-5-9-15(10-13)12-17-16-11-14-7-3-2-4-8-14/h5-6,9-11,14H,2-4,7-8,12H2,1H3. The van der Waals surface area contributed by atoms with Crippen molar-refractivity contribution in [2.75, 3.05) is 0 Å². The van der Waals surface area contributed by atoms with Gasteiger partial charge in [-0.15, -0.1) is 0 Å². The lowest BCUT2D eigenvalue weighted by Gasteiger charge is -2.16. The Morgan fingerprint density at radius 3 is 2.88 bits per heavy atom. The van der Waals surface area contributed by atoms with E-state index in [-0.39, 0.29) is 0 Å². The van der Waals surface area contributed by atoms with Crippen LogP contribution in [0.2, 0.25) is 0 Å². The van der Waals surface area contributed by atoms with Gasteiger partial charge in [0.25, 0.3) is 0 Å². The minimum Gasteiger partial charge on any atom is -0.391 e. The predicted molar refractivity (Wildman–Crippen MR) is 71.0 cm³/mol. The first-order chi connectivity index (χ1) is 8.34. The van der Waals surface area contributed by atoms with Crippen LogP contribution in [0, 0.1) is 12.8 Å². The Labute approximate surface area is 104 Å². The normalized spacial score (nSPS) is 17.5. The van der Waals surface area contributed by atoms with Gasteiger partial charge in [-0.2, -0.15) is 0 Å². The minimum atomic E-state index is 0.574. The largest absolute Gasteiger partial charge is 0.391 e. The summed E-state index contributed by atoms with van der Waals surface area (Å²) in [7, 11) is 0. The first kappa shape index (κ1) is 12.2. The van der Waals surface area contributed by atoms with Crippen LogP contribution in [0.5, 0.6) is 0 Å². The molecule has 0 amide bonds. The summed E-state index contributed by atoms with van der Waals surface area (Å²) in [4.78, 5) is 5.35. The number of hydrogen-bond donors (Lipinski definition) is 0. The number of hydrogen-bond acceptors (Lipinski definition) is 2. The van der Waals surface area contributed by atoms with Crippen molar-refractivity contribution in [3.63, 3.8) is 0 Å². The zero-order chi connectivity index (χ0) is 11.9. The maximum atomic E-state index is 5.35. The molecule has 0 heterocycles. The number of aryl methyl sites for hydroxylation is 1. The Bertz CT molecular complexity index is 367. The molecule has 17 heavy (non-hydrogen) atoms. The molecule has 0 N–H and O–H groups in total. The topological polar surface area (TPSA) is 21.6 Å². The summed E-state index contributed by atoms with van der Waals surface area (Å²) < 4.78 is 0. The molecule has 0 aliphatic heterocycles. The Morgan fingerprint density at radius 1 is 1.29 bits per heavy atom. The molecule has 1 saturated carbocycles. The van der Waals surface area contributed by atoms with Crippen molar-refractivity contribution in [3.05, 3.63) is 35.4 Å². The molecule has 0 saturated heterocycles. The Kier molecular flexibility index (Phi) is 4.60. The van der Waals surface area contributed by atoms with E-state index in [4.69, 9.17) is 4.84 Å². The summed E-state index contributed by atoms with van der Waals surface area (Å²) >= 11 is 0. The number of nitrogens with zero attached hydrogens (tertiary/aromatic N) is 1. The fourth-order valence-corrected chi connectivity index (χ4v) is 2.33. The first-order valence-electron chi connectivity index (χ1n) is 6.55. The molecule has 1 aromatic rings. The monoisotopic (exact) mass is 231 g/mol. The zero-order valence-electron chi connectivity index (χ0n) is 10.6. The quantitative estimate of drug-likeness (QED) is 0.565. The Hall–Kier alpha value is -1.31. The van der Waals surface area contributed by atoms with Gasteiger partial charge < -0.3 is 4.84 Å². The van der Waals surface area contributed by atoms with Crippen molar-refractivity contribution in [1.29, 1.82) is 0 Å². The third-order valence-corrected chi connectivity index (χ3v) is 3.31. The van der Waals surface area contributed by atoms with E-state index in [2.05, 4.69) is 36.3 Å². The first-order valence-corrected chi connectivity index (χ1v) is 6.55. The smallest absolute Gasteiger partial charge is 0.142 e. The van der Waals surface area contributed by atoms with Gasteiger partial charge in [-0.1, -0.05) is 54.2 Å². The summed E-state index contributed by atoms with van der Waals surface area (Å²) in [6, 6.07) is 8.35. The van der Waals surface area contributed by atoms with Crippen LogP contribution in [0.3, 0.4) is 0 Å². The molecule has 92 valence electrons. The highest BCUT2D eigenvalue weighted by Gasteiger charge is 2.10. The highest BCUT2D eigenvalue weighted by molar-refractivity contribution is 5.59. The third-order valence-electron chi connectivity index (χ3n) is 3.31. The molecule has 2 heteroatoms. The molecule has 0 atom stereocenters. The Balaban J connectivity index is 1.73. The summed E-state index contributed by atoms with van der Waals surface area (Å²) in [6.07, 6.45) is 8.61. The second-order valence-corrected chi connectivity index (χ2v) is 4.92. The number of oxime groups is 1. The molecule has 2 nitrogen and oxygen atoms in total. The van der Waals surface area contributed by atoms with E-state index in [9.17, 15) is 0 Å². The van der Waals surface area contributed by atoms with Crippen molar-refractivity contribution in [2.45, 2.75) is 45.6 Å². The molecule has 1 fully saturated rings. The van der Waals surface area contributed by atoms with Gasteiger partial charge in [-0.25, -0.2) is 0 Å². The predicted octanol–water partition coefficient (Wildman–Crippen LogP) is 4.08.